The smallest absolute Gasteiger partial charge is 0.202 e. The number of aryl methyl sites for hydroxylation is 1. The highest BCUT2D eigenvalue weighted by molar-refractivity contribution is 5.24. The standard InChI is InChI=1S/C9H18N4O/c1-13-6-5-12-9(13)11-4-2-7-14-8-3-10/h5-6H,2-4,7-8,10H2,1H3,(H,11,12). The summed E-state index contributed by atoms with van der Waals surface area (Å²) in [5, 5.41) is 3.21. The highest BCUT2D eigenvalue weighted by atomic mass is 16.5. The molecule has 0 atom stereocenters. The number of nitrogens with one attached hydrogen (secondary N) is 1. The van der Waals surface area contributed by atoms with Gasteiger partial charge >= 0.3 is 0 Å². The van der Waals surface area contributed by atoms with Crippen LogP contribution in [0.25, 0.3) is 0 Å². The third-order valence-corrected chi connectivity index (χ3v) is 1.83. The number of anilines is 1. The van der Waals surface area contributed by atoms with Crippen molar-refractivity contribution in [2.75, 3.05) is 31.6 Å². The Morgan fingerprint density at radius 1 is 1.57 bits per heavy atom. The summed E-state index contributed by atoms with van der Waals surface area (Å²) in [5.41, 5.74) is 5.29. The molecule has 0 fully saturated rings. The molecular weight excluding hydrogens is 180 g/mol. The molecule has 1 aromatic heterocycles. The van der Waals surface area contributed by atoms with E-state index in [9.17, 15) is 0 Å². The van der Waals surface area contributed by atoms with Crippen LogP contribution < -0.4 is 11.1 Å². The Bertz CT molecular complexity index is 249. The van der Waals surface area contributed by atoms with Crippen molar-refractivity contribution in [3.63, 3.8) is 0 Å². The highest BCUT2D eigenvalue weighted by Gasteiger charge is 1.95. The number of nitrogens with zero attached hydrogens (tertiary/aromatic N) is 2. The molecule has 80 valence electrons. The highest BCUT2D eigenvalue weighted by Crippen LogP contribution is 1.99. The number of hydrogen-bond acceptors (Lipinski definition) is 4. The van der Waals surface area contributed by atoms with Gasteiger partial charge in [0, 0.05) is 39.1 Å². The Morgan fingerprint density at radius 3 is 3.07 bits per heavy atom. The van der Waals surface area contributed by atoms with Crippen molar-refractivity contribution in [3.8, 4) is 0 Å². The second kappa shape index (κ2) is 6.39. The zero-order chi connectivity index (χ0) is 10.2. The second-order valence-electron chi connectivity index (χ2n) is 3.04. The largest absolute Gasteiger partial charge is 0.380 e. The second-order valence-corrected chi connectivity index (χ2v) is 3.04. The Hall–Kier alpha value is -1.07. The first-order chi connectivity index (χ1) is 6.84. The minimum Gasteiger partial charge on any atom is -0.380 e. The molecule has 0 spiro atoms. The molecule has 1 aromatic rings. The molecule has 1 rings (SSSR count). The average Bonchev–Trinajstić information content (AvgIpc) is 2.58. The monoisotopic (exact) mass is 198 g/mol. The van der Waals surface area contributed by atoms with Crippen LogP contribution in [-0.2, 0) is 11.8 Å². The molecule has 5 heteroatoms. The zero-order valence-electron chi connectivity index (χ0n) is 8.57. The van der Waals surface area contributed by atoms with Crippen molar-refractivity contribution in [1.82, 2.24) is 9.55 Å². The first-order valence-corrected chi connectivity index (χ1v) is 4.83. The fraction of sp³-hybridized carbons (Fsp3) is 0.667. The van der Waals surface area contributed by atoms with Gasteiger partial charge in [-0.2, -0.15) is 0 Å². The van der Waals surface area contributed by atoms with Crippen molar-refractivity contribution in [1.29, 1.82) is 0 Å². The van der Waals surface area contributed by atoms with Crippen LogP contribution in [0.1, 0.15) is 6.42 Å². The number of rotatable bonds is 7. The molecule has 0 aromatic carbocycles. The van der Waals surface area contributed by atoms with E-state index in [1.54, 1.807) is 6.20 Å². The lowest BCUT2D eigenvalue weighted by molar-refractivity contribution is 0.141. The Labute approximate surface area is 84.3 Å². The summed E-state index contributed by atoms with van der Waals surface area (Å²) in [5.74, 6) is 0.892. The molecule has 0 amide bonds. The minimum atomic E-state index is 0.590. The number of hydrogen-bond donors (Lipinski definition) is 2. The number of ether oxygens (including phenoxy) is 1. The van der Waals surface area contributed by atoms with Crippen LogP contribution >= 0.6 is 0 Å². The lowest BCUT2D eigenvalue weighted by atomic mass is 10.4. The van der Waals surface area contributed by atoms with E-state index in [1.165, 1.54) is 0 Å². The Morgan fingerprint density at radius 2 is 2.43 bits per heavy atom. The Balaban J connectivity index is 2.02. The fourth-order valence-corrected chi connectivity index (χ4v) is 1.10. The van der Waals surface area contributed by atoms with Crippen LogP contribution in [0.15, 0.2) is 12.4 Å². The zero-order valence-corrected chi connectivity index (χ0v) is 8.57. The van der Waals surface area contributed by atoms with Gasteiger partial charge in [-0.3, -0.25) is 0 Å². The van der Waals surface area contributed by atoms with E-state index in [-0.39, 0.29) is 0 Å². The molecule has 0 saturated heterocycles. The van der Waals surface area contributed by atoms with E-state index in [0.29, 0.717) is 13.2 Å². The maximum atomic E-state index is 5.29. The van der Waals surface area contributed by atoms with E-state index in [2.05, 4.69) is 10.3 Å². The SMILES string of the molecule is Cn1ccnc1NCCCOCCN. The summed E-state index contributed by atoms with van der Waals surface area (Å²) >= 11 is 0. The molecule has 0 saturated carbocycles. The normalized spacial score (nSPS) is 10.4. The maximum Gasteiger partial charge on any atom is 0.202 e. The van der Waals surface area contributed by atoms with Crippen LogP contribution in [0, 0.1) is 0 Å². The van der Waals surface area contributed by atoms with Gasteiger partial charge in [0.05, 0.1) is 6.61 Å². The van der Waals surface area contributed by atoms with E-state index in [1.807, 2.05) is 17.8 Å². The predicted molar refractivity (Wildman–Crippen MR) is 56.2 cm³/mol. The summed E-state index contributed by atoms with van der Waals surface area (Å²) in [4.78, 5) is 4.14. The van der Waals surface area contributed by atoms with E-state index < -0.39 is 0 Å². The van der Waals surface area contributed by atoms with Gasteiger partial charge < -0.3 is 20.4 Å². The molecule has 0 aliphatic heterocycles. The van der Waals surface area contributed by atoms with E-state index in [0.717, 1.165) is 25.5 Å². The predicted octanol–water partition coefficient (Wildman–Crippen LogP) is 0.197. The van der Waals surface area contributed by atoms with E-state index in [4.69, 9.17) is 10.5 Å². The molecule has 0 unspecified atom stereocenters. The van der Waals surface area contributed by atoms with Gasteiger partial charge in [0.25, 0.3) is 0 Å². The quantitative estimate of drug-likeness (QED) is 0.614. The van der Waals surface area contributed by atoms with Gasteiger partial charge in [-0.1, -0.05) is 0 Å². The first-order valence-electron chi connectivity index (χ1n) is 4.83. The fourth-order valence-electron chi connectivity index (χ4n) is 1.10. The van der Waals surface area contributed by atoms with Crippen LogP contribution in [0.4, 0.5) is 5.95 Å². The Kier molecular flexibility index (Phi) is 5.03. The molecule has 1 heterocycles. The molecule has 14 heavy (non-hydrogen) atoms. The molecule has 0 aliphatic rings. The summed E-state index contributed by atoms with van der Waals surface area (Å²) in [6.07, 6.45) is 4.65. The molecule has 0 radical (unpaired) electrons. The number of imidazole rings is 1. The number of nitrogens with two attached hydrogens (primary N) is 1. The van der Waals surface area contributed by atoms with E-state index >= 15 is 0 Å². The summed E-state index contributed by atoms with van der Waals surface area (Å²) < 4.78 is 7.19. The summed E-state index contributed by atoms with van der Waals surface area (Å²) in [6, 6.07) is 0. The van der Waals surface area contributed by atoms with Crippen molar-refractivity contribution in [3.05, 3.63) is 12.4 Å². The van der Waals surface area contributed by atoms with Crippen LogP contribution in [0.2, 0.25) is 0 Å². The van der Waals surface area contributed by atoms with Crippen LogP contribution in [-0.4, -0.2) is 35.9 Å². The average molecular weight is 198 g/mol. The summed E-state index contributed by atoms with van der Waals surface area (Å²) in [7, 11) is 1.96. The third-order valence-electron chi connectivity index (χ3n) is 1.83. The maximum absolute atomic E-state index is 5.29. The van der Waals surface area contributed by atoms with Gasteiger partial charge in [0.1, 0.15) is 0 Å². The van der Waals surface area contributed by atoms with Crippen molar-refractivity contribution >= 4 is 5.95 Å². The third kappa shape index (κ3) is 3.76. The van der Waals surface area contributed by atoms with Gasteiger partial charge in [-0.15, -0.1) is 0 Å². The van der Waals surface area contributed by atoms with Gasteiger partial charge in [-0.25, -0.2) is 4.98 Å². The van der Waals surface area contributed by atoms with Gasteiger partial charge in [-0.05, 0) is 6.42 Å². The van der Waals surface area contributed by atoms with Crippen molar-refractivity contribution in [2.24, 2.45) is 12.8 Å². The van der Waals surface area contributed by atoms with Crippen LogP contribution in [0.3, 0.4) is 0 Å². The van der Waals surface area contributed by atoms with Crippen molar-refractivity contribution < 1.29 is 4.74 Å². The summed E-state index contributed by atoms with van der Waals surface area (Å²) in [6.45, 7) is 2.85. The van der Waals surface area contributed by atoms with Gasteiger partial charge in [0.2, 0.25) is 5.95 Å². The van der Waals surface area contributed by atoms with Crippen molar-refractivity contribution in [2.45, 2.75) is 6.42 Å². The topological polar surface area (TPSA) is 65.1 Å². The minimum absolute atomic E-state index is 0.590. The molecule has 5 nitrogen and oxygen atoms in total. The number of aromatic nitrogens is 2. The van der Waals surface area contributed by atoms with Gasteiger partial charge in [0.15, 0.2) is 0 Å². The molecular formula is C9H18N4O. The molecule has 0 bridgehead atoms. The lowest BCUT2D eigenvalue weighted by Crippen LogP contribution is -2.12. The first kappa shape index (κ1) is 11.0. The van der Waals surface area contributed by atoms with Crippen LogP contribution in [0.5, 0.6) is 0 Å². The lowest BCUT2D eigenvalue weighted by Gasteiger charge is -2.05. The molecule has 0 aliphatic carbocycles. The molecule has 3 N–H and O–H groups in total.